The quantitative estimate of drug-likeness (QED) is 0.712. The molecular weight excluding hydrogens is 166 g/mol. The molecule has 1 aromatic heterocycles. The highest BCUT2D eigenvalue weighted by atomic mass is 16.3. The van der Waals surface area contributed by atoms with Gasteiger partial charge in [0.15, 0.2) is 0 Å². The average molecular weight is 181 g/mol. The predicted molar refractivity (Wildman–Crippen MR) is 53.6 cm³/mol. The van der Waals surface area contributed by atoms with Gasteiger partial charge in [-0.15, -0.1) is 0 Å². The summed E-state index contributed by atoms with van der Waals surface area (Å²) in [5.74, 6) is 0. The van der Waals surface area contributed by atoms with Crippen molar-refractivity contribution in [1.82, 2.24) is 4.98 Å². The lowest BCUT2D eigenvalue weighted by Gasteiger charge is -2.21. The number of nitrogen functional groups attached to an aromatic ring is 1. The molecule has 0 aromatic carbocycles. The van der Waals surface area contributed by atoms with E-state index in [0.29, 0.717) is 12.2 Å². The Bertz CT molecular complexity index is 275. The van der Waals surface area contributed by atoms with Gasteiger partial charge in [0.05, 0.1) is 23.7 Å². The first-order valence-electron chi connectivity index (χ1n) is 4.20. The monoisotopic (exact) mass is 181 g/mol. The molecule has 1 unspecified atom stereocenters. The molecule has 3 N–H and O–H groups in total. The molecule has 0 spiro atoms. The largest absolute Gasteiger partial charge is 0.397 e. The second-order valence-electron chi connectivity index (χ2n) is 3.16. The molecule has 0 amide bonds. The van der Waals surface area contributed by atoms with Gasteiger partial charge in [0.2, 0.25) is 0 Å². The molecule has 1 atom stereocenters. The molecule has 0 aliphatic rings. The Morgan fingerprint density at radius 3 is 2.92 bits per heavy atom. The molecule has 1 aromatic rings. The third kappa shape index (κ3) is 2.59. The summed E-state index contributed by atoms with van der Waals surface area (Å²) in [5.41, 5.74) is 7.26. The van der Waals surface area contributed by atoms with Gasteiger partial charge in [-0.05, 0) is 13.0 Å². The first-order valence-corrected chi connectivity index (χ1v) is 4.20. The number of aliphatic hydroxyl groups excluding tert-OH is 1. The molecule has 0 aliphatic heterocycles. The molecule has 4 nitrogen and oxygen atoms in total. The van der Waals surface area contributed by atoms with E-state index in [-0.39, 0.29) is 6.10 Å². The van der Waals surface area contributed by atoms with Crippen molar-refractivity contribution in [3.8, 4) is 0 Å². The minimum atomic E-state index is -0.371. The van der Waals surface area contributed by atoms with Crippen molar-refractivity contribution in [3.63, 3.8) is 0 Å². The number of rotatable bonds is 3. The van der Waals surface area contributed by atoms with E-state index in [4.69, 9.17) is 5.73 Å². The van der Waals surface area contributed by atoms with Gasteiger partial charge < -0.3 is 15.7 Å². The highest BCUT2D eigenvalue weighted by molar-refractivity contribution is 5.65. The lowest BCUT2D eigenvalue weighted by molar-refractivity contribution is 0.201. The fourth-order valence-electron chi connectivity index (χ4n) is 1.21. The first-order chi connectivity index (χ1) is 6.11. The molecule has 0 saturated carbocycles. The van der Waals surface area contributed by atoms with Crippen molar-refractivity contribution in [3.05, 3.63) is 18.5 Å². The lowest BCUT2D eigenvalue weighted by Crippen LogP contribution is -2.27. The van der Waals surface area contributed by atoms with Crippen molar-refractivity contribution in [1.29, 1.82) is 0 Å². The van der Waals surface area contributed by atoms with Crippen molar-refractivity contribution in [2.24, 2.45) is 0 Å². The maximum Gasteiger partial charge on any atom is 0.0784 e. The van der Waals surface area contributed by atoms with Gasteiger partial charge in [0, 0.05) is 19.8 Å². The van der Waals surface area contributed by atoms with Crippen LogP contribution in [0.15, 0.2) is 18.5 Å². The number of anilines is 2. The summed E-state index contributed by atoms with van der Waals surface area (Å²) < 4.78 is 0. The molecule has 1 rings (SSSR count). The Hall–Kier alpha value is -1.29. The summed E-state index contributed by atoms with van der Waals surface area (Å²) >= 11 is 0. The minimum absolute atomic E-state index is 0.371. The van der Waals surface area contributed by atoms with Crippen LogP contribution in [-0.2, 0) is 0 Å². The molecule has 13 heavy (non-hydrogen) atoms. The SMILES string of the molecule is CC(O)CN(C)c1cnccc1N. The molecular formula is C9H15N3O. The molecule has 0 radical (unpaired) electrons. The van der Waals surface area contributed by atoms with E-state index in [1.165, 1.54) is 0 Å². The van der Waals surface area contributed by atoms with Gasteiger partial charge in [-0.2, -0.15) is 0 Å². The molecule has 0 bridgehead atoms. The van der Waals surface area contributed by atoms with Gasteiger partial charge in [-0.1, -0.05) is 0 Å². The number of aromatic nitrogens is 1. The van der Waals surface area contributed by atoms with E-state index in [0.717, 1.165) is 5.69 Å². The second-order valence-corrected chi connectivity index (χ2v) is 3.16. The summed E-state index contributed by atoms with van der Waals surface area (Å²) in [5, 5.41) is 9.17. The molecule has 0 saturated heterocycles. The Morgan fingerprint density at radius 2 is 2.38 bits per heavy atom. The number of nitrogens with zero attached hydrogens (tertiary/aromatic N) is 2. The van der Waals surface area contributed by atoms with E-state index in [2.05, 4.69) is 4.98 Å². The van der Waals surface area contributed by atoms with Crippen LogP contribution < -0.4 is 10.6 Å². The maximum absolute atomic E-state index is 9.17. The average Bonchev–Trinajstić information content (AvgIpc) is 2.03. The van der Waals surface area contributed by atoms with Crippen LogP contribution in [0.25, 0.3) is 0 Å². The Balaban J connectivity index is 2.76. The van der Waals surface area contributed by atoms with Crippen LogP contribution in [0.3, 0.4) is 0 Å². The van der Waals surface area contributed by atoms with Crippen LogP contribution >= 0.6 is 0 Å². The number of nitrogens with two attached hydrogens (primary N) is 1. The van der Waals surface area contributed by atoms with Crippen LogP contribution in [-0.4, -0.2) is 29.8 Å². The molecule has 1 heterocycles. The third-order valence-electron chi connectivity index (χ3n) is 1.78. The van der Waals surface area contributed by atoms with Crippen molar-refractivity contribution < 1.29 is 5.11 Å². The zero-order chi connectivity index (χ0) is 9.84. The fraction of sp³-hybridized carbons (Fsp3) is 0.444. The molecule has 0 fully saturated rings. The van der Waals surface area contributed by atoms with Crippen molar-refractivity contribution >= 4 is 11.4 Å². The van der Waals surface area contributed by atoms with E-state index >= 15 is 0 Å². The van der Waals surface area contributed by atoms with E-state index in [1.807, 2.05) is 11.9 Å². The Labute approximate surface area is 78.0 Å². The zero-order valence-corrected chi connectivity index (χ0v) is 7.94. The van der Waals surface area contributed by atoms with Gasteiger partial charge in [-0.3, -0.25) is 4.98 Å². The van der Waals surface area contributed by atoms with Crippen LogP contribution in [0.2, 0.25) is 0 Å². The number of hydrogen-bond acceptors (Lipinski definition) is 4. The number of aliphatic hydroxyl groups is 1. The lowest BCUT2D eigenvalue weighted by atomic mass is 10.3. The van der Waals surface area contributed by atoms with E-state index < -0.39 is 0 Å². The standard InChI is InChI=1S/C9H15N3O/c1-7(13)6-12(2)9-5-11-4-3-8(9)10/h3-5,7,13H,6H2,1-2H3,(H2,10,11). The van der Waals surface area contributed by atoms with Crippen LogP contribution in [0.4, 0.5) is 11.4 Å². The predicted octanol–water partition coefficient (Wildman–Crippen LogP) is 0.481. The molecule has 0 aliphatic carbocycles. The highest BCUT2D eigenvalue weighted by Crippen LogP contribution is 2.19. The first kappa shape index (κ1) is 9.80. The molecule has 72 valence electrons. The van der Waals surface area contributed by atoms with Gasteiger partial charge in [-0.25, -0.2) is 0 Å². The number of likely N-dealkylation sites (N-methyl/N-ethyl adjacent to an activating group) is 1. The second kappa shape index (κ2) is 4.09. The number of pyridine rings is 1. The van der Waals surface area contributed by atoms with E-state index in [9.17, 15) is 5.11 Å². The summed E-state index contributed by atoms with van der Waals surface area (Å²) in [6.07, 6.45) is 2.97. The zero-order valence-electron chi connectivity index (χ0n) is 7.94. The van der Waals surface area contributed by atoms with Gasteiger partial charge in [0.25, 0.3) is 0 Å². The van der Waals surface area contributed by atoms with Crippen molar-refractivity contribution in [2.75, 3.05) is 24.2 Å². The van der Waals surface area contributed by atoms with Crippen molar-refractivity contribution in [2.45, 2.75) is 13.0 Å². The number of hydrogen-bond donors (Lipinski definition) is 2. The van der Waals surface area contributed by atoms with Crippen LogP contribution in [0.1, 0.15) is 6.92 Å². The summed E-state index contributed by atoms with van der Waals surface area (Å²) in [7, 11) is 1.88. The smallest absolute Gasteiger partial charge is 0.0784 e. The normalized spacial score (nSPS) is 12.5. The highest BCUT2D eigenvalue weighted by Gasteiger charge is 2.06. The molecule has 4 heteroatoms. The van der Waals surface area contributed by atoms with E-state index in [1.54, 1.807) is 25.4 Å². The fourth-order valence-corrected chi connectivity index (χ4v) is 1.21. The summed E-state index contributed by atoms with van der Waals surface area (Å²) in [6, 6.07) is 1.74. The minimum Gasteiger partial charge on any atom is -0.397 e. The Morgan fingerprint density at radius 1 is 1.69 bits per heavy atom. The summed E-state index contributed by atoms with van der Waals surface area (Å²) in [6.45, 7) is 2.29. The van der Waals surface area contributed by atoms with Gasteiger partial charge >= 0.3 is 0 Å². The topological polar surface area (TPSA) is 62.4 Å². The maximum atomic E-state index is 9.17. The summed E-state index contributed by atoms with van der Waals surface area (Å²) in [4.78, 5) is 5.85. The van der Waals surface area contributed by atoms with Gasteiger partial charge in [0.1, 0.15) is 0 Å². The Kier molecular flexibility index (Phi) is 3.08. The third-order valence-corrected chi connectivity index (χ3v) is 1.78. The van der Waals surface area contributed by atoms with Crippen LogP contribution in [0, 0.1) is 0 Å². The van der Waals surface area contributed by atoms with Crippen LogP contribution in [0.5, 0.6) is 0 Å².